The molecular formula is C15H12ClFN4O. The lowest BCUT2D eigenvalue weighted by molar-refractivity contribution is 0.386. The van der Waals surface area contributed by atoms with Gasteiger partial charge in [0.2, 0.25) is 5.88 Å². The molecule has 0 radical (unpaired) electrons. The van der Waals surface area contributed by atoms with Gasteiger partial charge in [-0.25, -0.2) is 14.4 Å². The average Bonchev–Trinajstić information content (AvgIpc) is 2.85. The van der Waals surface area contributed by atoms with Gasteiger partial charge in [0.15, 0.2) is 0 Å². The maximum absolute atomic E-state index is 14.2. The number of aliphatic hydroxyl groups is 1. The first-order valence-corrected chi connectivity index (χ1v) is 7.20. The summed E-state index contributed by atoms with van der Waals surface area (Å²) < 4.78 is 14.2. The molecule has 7 heteroatoms. The van der Waals surface area contributed by atoms with Crippen molar-refractivity contribution in [2.75, 3.05) is 10.0 Å². The lowest BCUT2D eigenvalue weighted by atomic mass is 10.0. The van der Waals surface area contributed by atoms with E-state index in [-0.39, 0.29) is 11.7 Å². The van der Waals surface area contributed by atoms with Crippen LogP contribution in [-0.4, -0.2) is 10.1 Å². The van der Waals surface area contributed by atoms with Gasteiger partial charge in [-0.2, -0.15) is 0 Å². The fraction of sp³-hybridized carbons (Fsp3) is 0.133. The molecule has 2 aliphatic rings. The van der Waals surface area contributed by atoms with Crippen LogP contribution in [0.25, 0.3) is 0 Å². The Hall–Kier alpha value is -2.31. The highest BCUT2D eigenvalue weighted by atomic mass is 35.5. The third kappa shape index (κ3) is 1.92. The quantitative estimate of drug-likeness (QED) is 0.790. The molecule has 1 aromatic heterocycles. The maximum atomic E-state index is 14.2. The molecule has 2 N–H and O–H groups in total. The van der Waals surface area contributed by atoms with E-state index < -0.39 is 0 Å². The second-order valence-electron chi connectivity index (χ2n) is 5.13. The fourth-order valence-corrected chi connectivity index (χ4v) is 2.90. The molecule has 5 nitrogen and oxygen atoms in total. The zero-order chi connectivity index (χ0) is 15.3. The molecule has 0 atom stereocenters. The predicted molar refractivity (Wildman–Crippen MR) is 81.7 cm³/mol. The molecule has 0 unspecified atom stereocenters. The Labute approximate surface area is 131 Å². The summed E-state index contributed by atoms with van der Waals surface area (Å²) in [6, 6.07) is 8.34. The average molecular weight is 319 g/mol. The van der Waals surface area contributed by atoms with Crippen LogP contribution in [0, 0.1) is 5.82 Å². The van der Waals surface area contributed by atoms with Crippen LogP contribution in [0.3, 0.4) is 0 Å². The summed E-state index contributed by atoms with van der Waals surface area (Å²) >= 11 is 5.78. The van der Waals surface area contributed by atoms with Crippen LogP contribution >= 0.6 is 11.6 Å². The summed E-state index contributed by atoms with van der Waals surface area (Å²) in [6.45, 7) is 0. The number of nitrogens with one attached hydrogen (secondary N) is 1. The van der Waals surface area contributed by atoms with E-state index in [1.807, 2.05) is 6.07 Å². The zero-order valence-corrected chi connectivity index (χ0v) is 12.2. The van der Waals surface area contributed by atoms with Crippen LogP contribution in [0.15, 0.2) is 48.1 Å². The van der Waals surface area contributed by atoms with Crippen LogP contribution in [0.1, 0.15) is 12.0 Å². The van der Waals surface area contributed by atoms with E-state index in [1.54, 1.807) is 23.2 Å². The number of pyridine rings is 1. The minimum Gasteiger partial charge on any atom is -0.492 e. The first-order valence-electron chi connectivity index (χ1n) is 6.83. The van der Waals surface area contributed by atoms with E-state index in [2.05, 4.69) is 10.5 Å². The smallest absolute Gasteiger partial charge is 0.229 e. The Kier molecular flexibility index (Phi) is 2.95. The summed E-state index contributed by atoms with van der Waals surface area (Å²) in [5.41, 5.74) is 5.59. The van der Waals surface area contributed by atoms with Crippen LogP contribution in [0.5, 0.6) is 0 Å². The molecule has 112 valence electrons. The summed E-state index contributed by atoms with van der Waals surface area (Å²) in [5, 5.41) is 13.8. The van der Waals surface area contributed by atoms with E-state index >= 15 is 0 Å². The normalized spacial score (nSPS) is 16.8. The van der Waals surface area contributed by atoms with Crippen LogP contribution < -0.4 is 15.6 Å². The molecule has 0 saturated carbocycles. The van der Waals surface area contributed by atoms with Crippen LogP contribution in [0.4, 0.5) is 15.8 Å². The molecule has 0 spiro atoms. The summed E-state index contributed by atoms with van der Waals surface area (Å²) in [5.74, 6) is -0.288. The van der Waals surface area contributed by atoms with Crippen molar-refractivity contribution in [3.05, 3.63) is 64.6 Å². The van der Waals surface area contributed by atoms with E-state index in [9.17, 15) is 9.50 Å². The Morgan fingerprint density at radius 1 is 1.18 bits per heavy atom. The highest BCUT2D eigenvalue weighted by Crippen LogP contribution is 2.38. The lowest BCUT2D eigenvalue weighted by Gasteiger charge is -2.29. The summed E-state index contributed by atoms with van der Waals surface area (Å²) in [4.78, 5) is 3.99. The van der Waals surface area contributed by atoms with Gasteiger partial charge in [-0.1, -0.05) is 23.7 Å². The Bertz CT molecular complexity index is 778. The molecule has 0 saturated heterocycles. The van der Waals surface area contributed by atoms with Gasteiger partial charge in [0.25, 0.3) is 0 Å². The van der Waals surface area contributed by atoms with Gasteiger partial charge < -0.3 is 5.11 Å². The van der Waals surface area contributed by atoms with Crippen molar-refractivity contribution in [3.63, 3.8) is 0 Å². The number of aliphatic hydroxyl groups excluding tert-OH is 1. The number of hydrogen-bond donors (Lipinski definition) is 2. The molecule has 2 aromatic rings. The van der Waals surface area contributed by atoms with Gasteiger partial charge in [0.1, 0.15) is 11.0 Å². The van der Waals surface area contributed by atoms with Gasteiger partial charge in [-0.15, -0.1) is 5.53 Å². The number of benzene rings is 1. The van der Waals surface area contributed by atoms with E-state index in [4.69, 9.17) is 11.6 Å². The minimum atomic E-state index is -0.328. The first kappa shape index (κ1) is 13.4. The largest absolute Gasteiger partial charge is 0.492 e. The molecule has 0 amide bonds. The number of aryl methyl sites for hydroxylation is 1. The van der Waals surface area contributed by atoms with Gasteiger partial charge in [-0.05, 0) is 36.6 Å². The SMILES string of the molecule is OC1=C2CCc3cccc(F)c3N2NN1c1ccc(Cl)nc1. The number of rotatable bonds is 1. The molecule has 0 bridgehead atoms. The summed E-state index contributed by atoms with van der Waals surface area (Å²) in [6.07, 6.45) is 2.83. The molecule has 3 heterocycles. The molecular weight excluding hydrogens is 307 g/mol. The topological polar surface area (TPSA) is 51.6 Å². The van der Waals surface area contributed by atoms with E-state index in [1.165, 1.54) is 17.3 Å². The minimum absolute atomic E-state index is 0.0398. The van der Waals surface area contributed by atoms with Gasteiger partial charge >= 0.3 is 0 Å². The van der Waals surface area contributed by atoms with Crippen LogP contribution in [-0.2, 0) is 6.42 Å². The summed E-state index contributed by atoms with van der Waals surface area (Å²) in [7, 11) is 0. The number of hydrogen-bond acceptors (Lipinski definition) is 5. The third-order valence-corrected chi connectivity index (χ3v) is 4.06. The van der Waals surface area contributed by atoms with Gasteiger partial charge in [0.05, 0.1) is 23.3 Å². The van der Waals surface area contributed by atoms with Crippen molar-refractivity contribution in [1.29, 1.82) is 0 Å². The molecule has 0 fully saturated rings. The number of aromatic nitrogens is 1. The van der Waals surface area contributed by atoms with Crippen molar-refractivity contribution in [1.82, 2.24) is 10.5 Å². The Balaban J connectivity index is 1.77. The standard InChI is InChI=1S/C15H12ClFN4O/c16-13-7-5-10(8-18-13)20-15(22)12-6-4-9-2-1-3-11(17)14(9)21(12)19-20/h1-3,5,7-8,19,22H,4,6H2. The van der Waals surface area contributed by atoms with Crippen molar-refractivity contribution in [2.24, 2.45) is 0 Å². The second kappa shape index (κ2) is 4.86. The maximum Gasteiger partial charge on any atom is 0.229 e. The second-order valence-corrected chi connectivity index (χ2v) is 5.52. The monoisotopic (exact) mass is 318 g/mol. The van der Waals surface area contributed by atoms with Crippen LogP contribution in [0.2, 0.25) is 5.15 Å². The van der Waals surface area contributed by atoms with E-state index in [0.717, 1.165) is 5.56 Å². The van der Waals surface area contributed by atoms with Crippen molar-refractivity contribution in [2.45, 2.75) is 12.8 Å². The molecule has 2 aliphatic heterocycles. The zero-order valence-electron chi connectivity index (χ0n) is 11.4. The van der Waals surface area contributed by atoms with Gasteiger partial charge in [0, 0.05) is 0 Å². The number of para-hydroxylation sites is 1. The number of fused-ring (bicyclic) bond motifs is 3. The number of allylic oxidation sites excluding steroid dienone is 1. The lowest BCUT2D eigenvalue weighted by Crippen LogP contribution is -2.43. The van der Waals surface area contributed by atoms with Crippen molar-refractivity contribution in [3.8, 4) is 0 Å². The third-order valence-electron chi connectivity index (χ3n) is 3.83. The Morgan fingerprint density at radius 3 is 2.82 bits per heavy atom. The fourth-order valence-electron chi connectivity index (χ4n) is 2.79. The van der Waals surface area contributed by atoms with Gasteiger partial charge in [-0.3, -0.25) is 5.01 Å². The molecule has 22 heavy (non-hydrogen) atoms. The highest BCUT2D eigenvalue weighted by Gasteiger charge is 2.36. The molecule has 1 aromatic carbocycles. The number of halogens is 2. The predicted octanol–water partition coefficient (Wildman–Crippen LogP) is 3.29. The number of nitrogens with zero attached hydrogens (tertiary/aromatic N) is 3. The highest BCUT2D eigenvalue weighted by molar-refractivity contribution is 6.29. The van der Waals surface area contributed by atoms with Crippen molar-refractivity contribution >= 4 is 23.0 Å². The van der Waals surface area contributed by atoms with Crippen molar-refractivity contribution < 1.29 is 9.50 Å². The molecule has 4 rings (SSSR count). The Morgan fingerprint density at radius 2 is 2.05 bits per heavy atom. The van der Waals surface area contributed by atoms with E-state index in [0.29, 0.717) is 35.1 Å². The first-order chi connectivity index (χ1) is 10.6. The molecule has 0 aliphatic carbocycles. The number of hydrazine groups is 2. The number of anilines is 2.